The van der Waals surface area contributed by atoms with E-state index in [0.29, 0.717) is 18.1 Å². The second-order valence-corrected chi connectivity index (χ2v) is 4.70. The number of aromatic nitrogens is 3. The van der Waals surface area contributed by atoms with Gasteiger partial charge in [-0.15, -0.1) is 0 Å². The summed E-state index contributed by atoms with van der Waals surface area (Å²) in [6, 6.07) is 1.91. The van der Waals surface area contributed by atoms with Crippen LogP contribution in [0.5, 0.6) is 0 Å². The maximum Gasteiger partial charge on any atom is 0.271 e. The summed E-state index contributed by atoms with van der Waals surface area (Å²) in [5.41, 5.74) is 2.38. The molecule has 6 nitrogen and oxygen atoms in total. The number of hydrogen-bond donors (Lipinski definition) is 2. The molecule has 2 rings (SSSR count). The molecule has 2 aromatic rings. The lowest BCUT2D eigenvalue weighted by Gasteiger charge is -2.07. The minimum atomic E-state index is -0.243. The van der Waals surface area contributed by atoms with Crippen molar-refractivity contribution in [1.29, 1.82) is 0 Å². The van der Waals surface area contributed by atoms with Gasteiger partial charge in [0.1, 0.15) is 11.5 Å². The average molecular weight is 285 g/mol. The Kier molecular flexibility index (Phi) is 5.20. The van der Waals surface area contributed by atoms with Crippen LogP contribution in [0, 0.1) is 6.92 Å². The minimum Gasteiger partial charge on any atom is -0.369 e. The molecular weight excluding hydrogens is 266 g/mol. The normalized spacial score (nSPS) is 10.2. The van der Waals surface area contributed by atoms with Gasteiger partial charge in [-0.3, -0.25) is 9.78 Å². The van der Waals surface area contributed by atoms with Crippen molar-refractivity contribution in [2.24, 2.45) is 0 Å². The van der Waals surface area contributed by atoms with Crippen LogP contribution in [0.25, 0.3) is 0 Å². The number of carbonyl (C=O) groups excluding carboxylic acids is 1. The largest absolute Gasteiger partial charge is 0.369 e. The summed E-state index contributed by atoms with van der Waals surface area (Å²) < 4.78 is 0. The lowest BCUT2D eigenvalue weighted by Crippen LogP contribution is -2.24. The molecule has 0 aromatic carbocycles. The van der Waals surface area contributed by atoms with Crippen LogP contribution in [0.15, 0.2) is 30.9 Å². The van der Waals surface area contributed by atoms with Gasteiger partial charge >= 0.3 is 0 Å². The SMILES string of the molecule is CCCNc1cnc(C(=O)NCc2cnccc2C)cn1. The lowest BCUT2D eigenvalue weighted by molar-refractivity contribution is 0.0945. The van der Waals surface area contributed by atoms with Gasteiger partial charge < -0.3 is 10.6 Å². The molecule has 0 radical (unpaired) electrons. The smallest absolute Gasteiger partial charge is 0.271 e. The van der Waals surface area contributed by atoms with Gasteiger partial charge in [0, 0.05) is 25.5 Å². The van der Waals surface area contributed by atoms with Crippen molar-refractivity contribution in [3.05, 3.63) is 47.7 Å². The van der Waals surface area contributed by atoms with E-state index in [2.05, 4.69) is 32.5 Å². The third-order valence-electron chi connectivity index (χ3n) is 3.03. The summed E-state index contributed by atoms with van der Waals surface area (Å²) >= 11 is 0. The zero-order valence-electron chi connectivity index (χ0n) is 12.3. The number of nitrogens with zero attached hydrogens (tertiary/aromatic N) is 3. The molecule has 0 fully saturated rings. The highest BCUT2D eigenvalue weighted by molar-refractivity contribution is 5.91. The first kappa shape index (κ1) is 14.9. The highest BCUT2D eigenvalue weighted by Gasteiger charge is 2.08. The second-order valence-electron chi connectivity index (χ2n) is 4.70. The van der Waals surface area contributed by atoms with Crippen molar-refractivity contribution in [2.45, 2.75) is 26.8 Å². The van der Waals surface area contributed by atoms with Crippen molar-refractivity contribution in [1.82, 2.24) is 20.3 Å². The quantitative estimate of drug-likeness (QED) is 0.847. The standard InChI is InChI=1S/C15H19N5O/c1-3-5-17-14-10-18-13(9-19-14)15(21)20-8-12-7-16-6-4-11(12)2/h4,6-7,9-10H,3,5,8H2,1-2H3,(H,17,19)(H,20,21). The molecule has 0 atom stereocenters. The fourth-order valence-electron chi connectivity index (χ4n) is 1.74. The van der Waals surface area contributed by atoms with E-state index in [1.807, 2.05) is 13.0 Å². The van der Waals surface area contributed by atoms with Crippen LogP contribution in [0.4, 0.5) is 5.82 Å². The van der Waals surface area contributed by atoms with Crippen LogP contribution in [-0.4, -0.2) is 27.4 Å². The molecule has 0 bridgehead atoms. The summed E-state index contributed by atoms with van der Waals surface area (Å²) in [5, 5.41) is 5.93. The molecule has 0 aliphatic rings. The first-order valence-electron chi connectivity index (χ1n) is 6.94. The summed E-state index contributed by atoms with van der Waals surface area (Å²) in [6.45, 7) is 5.32. The van der Waals surface area contributed by atoms with E-state index in [1.165, 1.54) is 6.20 Å². The molecule has 0 saturated heterocycles. The molecule has 2 N–H and O–H groups in total. The van der Waals surface area contributed by atoms with E-state index in [1.54, 1.807) is 18.6 Å². The Labute approximate surface area is 124 Å². The third-order valence-corrected chi connectivity index (χ3v) is 3.03. The summed E-state index contributed by atoms with van der Waals surface area (Å²) in [5.74, 6) is 0.435. The highest BCUT2D eigenvalue weighted by atomic mass is 16.1. The van der Waals surface area contributed by atoms with Crippen molar-refractivity contribution in [2.75, 3.05) is 11.9 Å². The molecule has 110 valence electrons. The molecule has 2 heterocycles. The molecule has 1 amide bonds. The Morgan fingerprint density at radius 1 is 1.24 bits per heavy atom. The predicted octanol–water partition coefficient (Wildman–Crippen LogP) is 1.93. The van der Waals surface area contributed by atoms with Crippen LogP contribution >= 0.6 is 0 Å². The molecule has 0 aliphatic carbocycles. The Morgan fingerprint density at radius 3 is 2.76 bits per heavy atom. The topological polar surface area (TPSA) is 79.8 Å². The van der Waals surface area contributed by atoms with Crippen LogP contribution in [-0.2, 0) is 6.54 Å². The maximum atomic E-state index is 12.0. The van der Waals surface area contributed by atoms with Gasteiger partial charge in [-0.1, -0.05) is 6.92 Å². The number of amides is 1. The molecule has 0 unspecified atom stereocenters. The molecule has 0 aliphatic heterocycles. The first-order chi connectivity index (χ1) is 10.2. The zero-order chi connectivity index (χ0) is 15.1. The van der Waals surface area contributed by atoms with Gasteiger partial charge in [-0.2, -0.15) is 0 Å². The Balaban J connectivity index is 1.93. The van der Waals surface area contributed by atoms with Crippen molar-refractivity contribution in [3.63, 3.8) is 0 Å². The van der Waals surface area contributed by atoms with Crippen LogP contribution in [0.2, 0.25) is 0 Å². The average Bonchev–Trinajstić information content (AvgIpc) is 2.52. The van der Waals surface area contributed by atoms with Gasteiger partial charge in [0.25, 0.3) is 5.91 Å². The third kappa shape index (κ3) is 4.24. The minimum absolute atomic E-state index is 0.243. The van der Waals surface area contributed by atoms with Crippen LogP contribution in [0.1, 0.15) is 35.0 Å². The van der Waals surface area contributed by atoms with Crippen LogP contribution in [0.3, 0.4) is 0 Å². The lowest BCUT2D eigenvalue weighted by atomic mass is 10.1. The van der Waals surface area contributed by atoms with Crippen molar-refractivity contribution >= 4 is 11.7 Å². The van der Waals surface area contributed by atoms with Crippen molar-refractivity contribution in [3.8, 4) is 0 Å². The van der Waals surface area contributed by atoms with Crippen molar-refractivity contribution < 1.29 is 4.79 Å². The van der Waals surface area contributed by atoms with E-state index >= 15 is 0 Å². The van der Waals surface area contributed by atoms with Gasteiger partial charge in [0.15, 0.2) is 0 Å². The van der Waals surface area contributed by atoms with E-state index in [9.17, 15) is 4.79 Å². The second kappa shape index (κ2) is 7.33. The fraction of sp³-hybridized carbons (Fsp3) is 0.333. The van der Waals surface area contributed by atoms with Gasteiger partial charge in [-0.25, -0.2) is 9.97 Å². The Bertz CT molecular complexity index is 597. The van der Waals surface area contributed by atoms with Gasteiger partial charge in [-0.05, 0) is 30.5 Å². The molecule has 2 aromatic heterocycles. The summed E-state index contributed by atoms with van der Waals surface area (Å²) in [6.07, 6.45) is 7.53. The number of nitrogens with one attached hydrogen (secondary N) is 2. The number of carbonyl (C=O) groups is 1. The maximum absolute atomic E-state index is 12.0. The molecule has 6 heteroatoms. The monoisotopic (exact) mass is 285 g/mol. The summed E-state index contributed by atoms with van der Waals surface area (Å²) in [4.78, 5) is 24.3. The zero-order valence-corrected chi connectivity index (χ0v) is 12.3. The number of hydrogen-bond acceptors (Lipinski definition) is 5. The van der Waals surface area contributed by atoms with Gasteiger partial charge in [0.05, 0.1) is 12.4 Å². The Morgan fingerprint density at radius 2 is 2.10 bits per heavy atom. The first-order valence-corrected chi connectivity index (χ1v) is 6.94. The fourth-order valence-corrected chi connectivity index (χ4v) is 1.74. The predicted molar refractivity (Wildman–Crippen MR) is 81.0 cm³/mol. The van der Waals surface area contributed by atoms with E-state index in [4.69, 9.17) is 0 Å². The summed E-state index contributed by atoms with van der Waals surface area (Å²) in [7, 11) is 0. The highest BCUT2D eigenvalue weighted by Crippen LogP contribution is 2.05. The van der Waals surface area contributed by atoms with E-state index in [0.717, 1.165) is 24.1 Å². The molecular formula is C15H19N5O. The number of rotatable bonds is 6. The molecule has 0 saturated carbocycles. The van der Waals surface area contributed by atoms with Gasteiger partial charge in [0.2, 0.25) is 0 Å². The Hall–Kier alpha value is -2.50. The van der Waals surface area contributed by atoms with E-state index < -0.39 is 0 Å². The number of aryl methyl sites for hydroxylation is 1. The number of pyridine rings is 1. The molecule has 21 heavy (non-hydrogen) atoms. The van der Waals surface area contributed by atoms with Crippen LogP contribution < -0.4 is 10.6 Å². The van der Waals surface area contributed by atoms with E-state index in [-0.39, 0.29) is 5.91 Å². The molecule has 0 spiro atoms. The number of anilines is 1.